The van der Waals surface area contributed by atoms with Gasteiger partial charge in [0, 0.05) is 19.0 Å². The van der Waals surface area contributed by atoms with E-state index in [9.17, 15) is 4.79 Å². The molecule has 1 atom stereocenters. The normalized spacial score (nSPS) is 12.2. The van der Waals surface area contributed by atoms with Gasteiger partial charge in [-0.05, 0) is 37.3 Å². The van der Waals surface area contributed by atoms with Gasteiger partial charge < -0.3 is 11.1 Å². The van der Waals surface area contributed by atoms with E-state index in [1.165, 1.54) is 17.5 Å². The molecule has 1 rings (SSSR count). The molecule has 0 saturated carbocycles. The average Bonchev–Trinajstić information content (AvgIpc) is 2.39. The highest BCUT2D eigenvalue weighted by molar-refractivity contribution is 5.75. The van der Waals surface area contributed by atoms with Crippen molar-refractivity contribution in [1.29, 1.82) is 0 Å². The minimum Gasteiger partial charge on any atom is -0.356 e. The summed E-state index contributed by atoms with van der Waals surface area (Å²) in [5, 5.41) is 2.93. The summed E-state index contributed by atoms with van der Waals surface area (Å²) in [7, 11) is 0. The molecule has 0 bridgehead atoms. The van der Waals surface area contributed by atoms with E-state index in [-0.39, 0.29) is 11.9 Å². The van der Waals surface area contributed by atoms with Gasteiger partial charge in [0.25, 0.3) is 0 Å². The second kappa shape index (κ2) is 8.70. The molecule has 0 aliphatic carbocycles. The molecule has 0 aliphatic rings. The summed E-state index contributed by atoms with van der Waals surface area (Å²) in [5.41, 5.74) is 8.27. The maximum atomic E-state index is 11.5. The lowest BCUT2D eigenvalue weighted by Crippen LogP contribution is -2.27. The first-order valence-electron chi connectivity index (χ1n) is 7.22. The Morgan fingerprint density at radius 1 is 1.21 bits per heavy atom. The molecule has 3 N–H and O–H groups in total. The Balaban J connectivity index is 2.23. The van der Waals surface area contributed by atoms with E-state index in [1.807, 2.05) is 6.92 Å². The Kier molecular flexibility index (Phi) is 7.19. The Bertz CT molecular complexity index is 371. The monoisotopic (exact) mass is 262 g/mol. The number of rotatable bonds is 8. The Morgan fingerprint density at radius 2 is 1.79 bits per heavy atom. The molecule has 19 heavy (non-hydrogen) atoms. The van der Waals surface area contributed by atoms with E-state index < -0.39 is 0 Å². The summed E-state index contributed by atoms with van der Waals surface area (Å²) in [6.45, 7) is 4.81. The van der Waals surface area contributed by atoms with Gasteiger partial charge >= 0.3 is 0 Å². The fraction of sp³-hybridized carbons (Fsp3) is 0.562. The summed E-state index contributed by atoms with van der Waals surface area (Å²) in [6.07, 6.45) is 4.46. The third-order valence-electron chi connectivity index (χ3n) is 3.12. The molecule has 0 aromatic heterocycles. The lowest BCUT2D eigenvalue weighted by Gasteiger charge is -2.07. The number of nitrogens with one attached hydrogen (secondary N) is 1. The Morgan fingerprint density at radius 3 is 2.32 bits per heavy atom. The van der Waals surface area contributed by atoms with Crippen molar-refractivity contribution in [3.8, 4) is 0 Å². The van der Waals surface area contributed by atoms with E-state index in [2.05, 4.69) is 36.5 Å². The van der Waals surface area contributed by atoms with Crippen LogP contribution >= 0.6 is 0 Å². The maximum Gasteiger partial charge on any atom is 0.220 e. The van der Waals surface area contributed by atoms with Crippen LogP contribution in [0.2, 0.25) is 0 Å². The van der Waals surface area contributed by atoms with Gasteiger partial charge in [-0.3, -0.25) is 4.79 Å². The van der Waals surface area contributed by atoms with Crippen LogP contribution in [-0.2, 0) is 17.6 Å². The van der Waals surface area contributed by atoms with Crippen LogP contribution in [0.15, 0.2) is 24.3 Å². The standard InChI is InChI=1S/C16H26N2O/c1-3-4-14-6-8-15(9-7-14)11-12-18-16(19)10-5-13(2)17/h6-9,13H,3-5,10-12,17H2,1-2H3,(H,18,19). The average molecular weight is 262 g/mol. The van der Waals surface area contributed by atoms with Crippen molar-refractivity contribution in [2.45, 2.75) is 52.0 Å². The molecule has 0 saturated heterocycles. The smallest absolute Gasteiger partial charge is 0.220 e. The van der Waals surface area contributed by atoms with Gasteiger partial charge in [0.05, 0.1) is 0 Å². The van der Waals surface area contributed by atoms with E-state index in [4.69, 9.17) is 5.73 Å². The fourth-order valence-corrected chi connectivity index (χ4v) is 1.95. The highest BCUT2D eigenvalue weighted by atomic mass is 16.1. The second-order valence-electron chi connectivity index (χ2n) is 5.18. The topological polar surface area (TPSA) is 55.1 Å². The van der Waals surface area contributed by atoms with E-state index >= 15 is 0 Å². The third kappa shape index (κ3) is 6.97. The molecule has 106 valence electrons. The van der Waals surface area contributed by atoms with Crippen molar-refractivity contribution in [1.82, 2.24) is 5.32 Å². The Hall–Kier alpha value is -1.35. The van der Waals surface area contributed by atoms with Crippen molar-refractivity contribution < 1.29 is 4.79 Å². The van der Waals surface area contributed by atoms with Crippen LogP contribution in [0, 0.1) is 0 Å². The first-order valence-corrected chi connectivity index (χ1v) is 7.22. The molecule has 0 aliphatic heterocycles. The summed E-state index contributed by atoms with van der Waals surface area (Å²) < 4.78 is 0. The molecule has 3 heteroatoms. The van der Waals surface area contributed by atoms with Gasteiger partial charge in [0.2, 0.25) is 5.91 Å². The number of amides is 1. The summed E-state index contributed by atoms with van der Waals surface area (Å²) in [4.78, 5) is 11.5. The predicted octanol–water partition coefficient (Wildman–Crippen LogP) is 2.43. The van der Waals surface area contributed by atoms with E-state index in [0.29, 0.717) is 13.0 Å². The largest absolute Gasteiger partial charge is 0.356 e. The van der Waals surface area contributed by atoms with Gasteiger partial charge in [0.1, 0.15) is 0 Å². The fourth-order valence-electron chi connectivity index (χ4n) is 1.95. The first kappa shape index (κ1) is 15.7. The lowest BCUT2D eigenvalue weighted by molar-refractivity contribution is -0.121. The van der Waals surface area contributed by atoms with Crippen LogP contribution in [0.4, 0.5) is 0 Å². The van der Waals surface area contributed by atoms with Crippen molar-refractivity contribution in [2.24, 2.45) is 5.73 Å². The molecule has 0 spiro atoms. The first-order chi connectivity index (χ1) is 9.11. The van der Waals surface area contributed by atoms with Gasteiger partial charge in [-0.2, -0.15) is 0 Å². The van der Waals surface area contributed by atoms with Crippen LogP contribution in [0.25, 0.3) is 0 Å². The number of carbonyl (C=O) groups is 1. The zero-order chi connectivity index (χ0) is 14.1. The number of nitrogens with two attached hydrogens (primary N) is 1. The third-order valence-corrected chi connectivity index (χ3v) is 3.12. The number of hydrogen-bond donors (Lipinski definition) is 2. The van der Waals surface area contributed by atoms with Crippen molar-refractivity contribution >= 4 is 5.91 Å². The maximum absolute atomic E-state index is 11.5. The molecular weight excluding hydrogens is 236 g/mol. The summed E-state index contributed by atoms with van der Waals surface area (Å²) >= 11 is 0. The zero-order valence-corrected chi connectivity index (χ0v) is 12.1. The van der Waals surface area contributed by atoms with E-state index in [1.54, 1.807) is 0 Å². The molecule has 0 radical (unpaired) electrons. The number of carbonyl (C=O) groups excluding carboxylic acids is 1. The van der Waals surface area contributed by atoms with Crippen molar-refractivity contribution in [3.05, 3.63) is 35.4 Å². The molecule has 0 heterocycles. The number of hydrogen-bond acceptors (Lipinski definition) is 2. The quantitative estimate of drug-likeness (QED) is 0.756. The molecule has 1 aromatic carbocycles. The van der Waals surface area contributed by atoms with Gasteiger partial charge in [0.15, 0.2) is 0 Å². The molecule has 3 nitrogen and oxygen atoms in total. The molecule has 1 unspecified atom stereocenters. The SMILES string of the molecule is CCCc1ccc(CCNC(=O)CCC(C)N)cc1. The van der Waals surface area contributed by atoms with Gasteiger partial charge in [-0.1, -0.05) is 37.6 Å². The second-order valence-corrected chi connectivity index (χ2v) is 5.18. The lowest BCUT2D eigenvalue weighted by atomic mass is 10.1. The number of aryl methyl sites for hydroxylation is 1. The summed E-state index contributed by atoms with van der Waals surface area (Å²) in [6, 6.07) is 8.75. The van der Waals surface area contributed by atoms with Crippen LogP contribution in [0.1, 0.15) is 44.2 Å². The van der Waals surface area contributed by atoms with Crippen molar-refractivity contribution in [2.75, 3.05) is 6.54 Å². The highest BCUT2D eigenvalue weighted by Crippen LogP contribution is 2.07. The van der Waals surface area contributed by atoms with Gasteiger partial charge in [-0.25, -0.2) is 0 Å². The molecule has 1 aromatic rings. The number of benzene rings is 1. The van der Waals surface area contributed by atoms with Crippen LogP contribution in [-0.4, -0.2) is 18.5 Å². The van der Waals surface area contributed by atoms with E-state index in [0.717, 1.165) is 19.3 Å². The Labute approximate surface area is 116 Å². The van der Waals surface area contributed by atoms with Crippen LogP contribution in [0.3, 0.4) is 0 Å². The van der Waals surface area contributed by atoms with Crippen molar-refractivity contribution in [3.63, 3.8) is 0 Å². The van der Waals surface area contributed by atoms with Crippen LogP contribution < -0.4 is 11.1 Å². The molecular formula is C16H26N2O. The van der Waals surface area contributed by atoms with Crippen LogP contribution in [0.5, 0.6) is 0 Å². The summed E-state index contributed by atoms with van der Waals surface area (Å²) in [5.74, 6) is 0.0971. The highest BCUT2D eigenvalue weighted by Gasteiger charge is 2.03. The zero-order valence-electron chi connectivity index (χ0n) is 12.1. The molecule has 1 amide bonds. The predicted molar refractivity (Wildman–Crippen MR) is 80.0 cm³/mol. The minimum absolute atomic E-state index is 0.0943. The van der Waals surface area contributed by atoms with Gasteiger partial charge in [-0.15, -0.1) is 0 Å². The minimum atomic E-state index is 0.0943. The molecule has 0 fully saturated rings.